The van der Waals surface area contributed by atoms with Gasteiger partial charge in [0.05, 0.1) is 17.6 Å². The Labute approximate surface area is 102 Å². The molecule has 17 heavy (non-hydrogen) atoms. The lowest BCUT2D eigenvalue weighted by molar-refractivity contribution is 1.27. The van der Waals surface area contributed by atoms with Crippen LogP contribution in [0.15, 0.2) is 41.5 Å². The van der Waals surface area contributed by atoms with Gasteiger partial charge in [-0.25, -0.2) is 0 Å². The van der Waals surface area contributed by atoms with Crippen LogP contribution in [0.1, 0.15) is 22.4 Å². The molecule has 0 saturated heterocycles. The summed E-state index contributed by atoms with van der Waals surface area (Å²) in [5.41, 5.74) is 5.61. The molecule has 0 aliphatic carbocycles. The smallest absolute Gasteiger partial charge is 0.0812 e. The fourth-order valence-electron chi connectivity index (χ4n) is 1.96. The summed E-state index contributed by atoms with van der Waals surface area (Å²) in [6.45, 7) is 6.28. The van der Waals surface area contributed by atoms with Crippen molar-refractivity contribution in [3.05, 3.63) is 58.9 Å². The first-order valence-electron chi connectivity index (χ1n) is 5.70. The van der Waals surface area contributed by atoms with E-state index in [4.69, 9.17) is 0 Å². The molecule has 0 unspecified atom stereocenters. The second-order valence-electron chi connectivity index (χ2n) is 4.26. The number of benzene rings is 1. The monoisotopic (exact) mass is 224 g/mol. The first-order chi connectivity index (χ1) is 8.16. The summed E-state index contributed by atoms with van der Waals surface area (Å²) < 4.78 is 0. The summed E-state index contributed by atoms with van der Waals surface area (Å²) in [5, 5.41) is 0. The van der Waals surface area contributed by atoms with E-state index >= 15 is 0 Å². The van der Waals surface area contributed by atoms with E-state index in [9.17, 15) is 0 Å². The van der Waals surface area contributed by atoms with Crippen molar-refractivity contribution in [2.75, 3.05) is 0 Å². The molecule has 2 nitrogen and oxygen atoms in total. The Morgan fingerprint density at radius 2 is 1.76 bits per heavy atom. The minimum Gasteiger partial charge on any atom is -0.255 e. The van der Waals surface area contributed by atoms with Gasteiger partial charge in [-0.1, -0.05) is 23.8 Å². The molecule has 0 radical (unpaired) electrons. The van der Waals surface area contributed by atoms with Gasteiger partial charge in [-0.05, 0) is 44.0 Å². The van der Waals surface area contributed by atoms with E-state index in [0.717, 1.165) is 11.4 Å². The fourth-order valence-corrected chi connectivity index (χ4v) is 1.96. The SMILES string of the molecule is Cc1cc(C)c(/N=C/c2ccccn2)c(C)c1. The molecule has 2 aromatic rings. The molecule has 0 N–H and O–H groups in total. The van der Waals surface area contributed by atoms with Crippen LogP contribution >= 0.6 is 0 Å². The highest BCUT2D eigenvalue weighted by Crippen LogP contribution is 2.24. The minimum absolute atomic E-state index is 0.881. The van der Waals surface area contributed by atoms with E-state index < -0.39 is 0 Å². The van der Waals surface area contributed by atoms with Gasteiger partial charge in [-0.3, -0.25) is 9.98 Å². The van der Waals surface area contributed by atoms with E-state index in [0.29, 0.717) is 0 Å². The van der Waals surface area contributed by atoms with Crippen molar-refractivity contribution in [3.8, 4) is 0 Å². The number of aryl methyl sites for hydroxylation is 3. The van der Waals surface area contributed by atoms with Crippen molar-refractivity contribution in [2.24, 2.45) is 4.99 Å². The highest BCUT2D eigenvalue weighted by molar-refractivity contribution is 5.80. The van der Waals surface area contributed by atoms with Gasteiger partial charge in [0.15, 0.2) is 0 Å². The Balaban J connectivity index is 2.34. The molecule has 1 aromatic carbocycles. The van der Waals surface area contributed by atoms with E-state index in [1.54, 1.807) is 6.20 Å². The third-order valence-electron chi connectivity index (χ3n) is 2.65. The Morgan fingerprint density at radius 1 is 1.06 bits per heavy atom. The first kappa shape index (κ1) is 11.5. The number of pyridine rings is 1. The summed E-state index contributed by atoms with van der Waals surface area (Å²) >= 11 is 0. The van der Waals surface area contributed by atoms with Crippen LogP contribution in [0.4, 0.5) is 5.69 Å². The molecule has 2 rings (SSSR count). The van der Waals surface area contributed by atoms with E-state index in [-0.39, 0.29) is 0 Å². The molecule has 0 aliphatic rings. The molecule has 0 bridgehead atoms. The molecule has 0 fully saturated rings. The van der Waals surface area contributed by atoms with Crippen molar-refractivity contribution < 1.29 is 0 Å². The quantitative estimate of drug-likeness (QED) is 0.713. The summed E-state index contributed by atoms with van der Waals surface area (Å²) in [6, 6.07) is 10.1. The van der Waals surface area contributed by atoms with Crippen LogP contribution in [-0.4, -0.2) is 11.2 Å². The van der Waals surface area contributed by atoms with Gasteiger partial charge in [0, 0.05) is 6.20 Å². The highest BCUT2D eigenvalue weighted by Gasteiger charge is 2.01. The lowest BCUT2D eigenvalue weighted by Crippen LogP contribution is -1.87. The number of aliphatic imine (C=N–C) groups is 1. The van der Waals surface area contributed by atoms with Crippen molar-refractivity contribution in [3.63, 3.8) is 0 Å². The van der Waals surface area contributed by atoms with Gasteiger partial charge in [0.2, 0.25) is 0 Å². The summed E-state index contributed by atoms with van der Waals surface area (Å²) in [5.74, 6) is 0. The van der Waals surface area contributed by atoms with Crippen molar-refractivity contribution in [1.29, 1.82) is 0 Å². The molecule has 0 saturated carbocycles. The summed E-state index contributed by atoms with van der Waals surface area (Å²) in [7, 11) is 0. The summed E-state index contributed by atoms with van der Waals surface area (Å²) in [4.78, 5) is 8.75. The van der Waals surface area contributed by atoms with Crippen LogP contribution in [0.25, 0.3) is 0 Å². The Hall–Kier alpha value is -1.96. The molecular formula is C15H16N2. The molecule has 1 heterocycles. The molecule has 0 spiro atoms. The first-order valence-corrected chi connectivity index (χ1v) is 5.70. The number of hydrogen-bond acceptors (Lipinski definition) is 2. The third kappa shape index (κ3) is 2.78. The van der Waals surface area contributed by atoms with Gasteiger partial charge in [0.1, 0.15) is 0 Å². The van der Waals surface area contributed by atoms with Crippen molar-refractivity contribution in [2.45, 2.75) is 20.8 Å². The summed E-state index contributed by atoms with van der Waals surface area (Å²) in [6.07, 6.45) is 3.58. The maximum absolute atomic E-state index is 4.53. The second-order valence-corrected chi connectivity index (χ2v) is 4.26. The lowest BCUT2D eigenvalue weighted by atomic mass is 10.1. The largest absolute Gasteiger partial charge is 0.255 e. The Morgan fingerprint density at radius 3 is 2.35 bits per heavy atom. The van der Waals surface area contributed by atoms with Gasteiger partial charge in [0.25, 0.3) is 0 Å². The molecular weight excluding hydrogens is 208 g/mol. The lowest BCUT2D eigenvalue weighted by Gasteiger charge is -2.06. The average molecular weight is 224 g/mol. The van der Waals surface area contributed by atoms with Crippen LogP contribution in [0.2, 0.25) is 0 Å². The molecule has 1 aromatic heterocycles. The van der Waals surface area contributed by atoms with Crippen molar-refractivity contribution in [1.82, 2.24) is 4.98 Å². The standard InChI is InChI=1S/C15H16N2/c1-11-8-12(2)15(13(3)9-11)17-10-14-6-4-5-7-16-14/h4-10H,1-3H3/b17-10+. The maximum atomic E-state index is 4.53. The van der Waals surface area contributed by atoms with E-state index in [1.165, 1.54) is 16.7 Å². The predicted octanol–water partition coefficient (Wildman–Crippen LogP) is 3.76. The van der Waals surface area contributed by atoms with Crippen molar-refractivity contribution >= 4 is 11.9 Å². The molecule has 86 valence electrons. The molecule has 2 heteroatoms. The predicted molar refractivity (Wildman–Crippen MR) is 72.1 cm³/mol. The van der Waals surface area contributed by atoms with Crippen LogP contribution in [0.5, 0.6) is 0 Å². The zero-order chi connectivity index (χ0) is 12.3. The van der Waals surface area contributed by atoms with Crippen LogP contribution in [0.3, 0.4) is 0 Å². The van der Waals surface area contributed by atoms with Gasteiger partial charge in [-0.2, -0.15) is 0 Å². The number of aromatic nitrogens is 1. The van der Waals surface area contributed by atoms with Crippen LogP contribution < -0.4 is 0 Å². The number of nitrogens with zero attached hydrogens (tertiary/aromatic N) is 2. The van der Waals surface area contributed by atoms with Crippen LogP contribution in [-0.2, 0) is 0 Å². The Bertz CT molecular complexity index is 519. The highest BCUT2D eigenvalue weighted by atomic mass is 14.8. The van der Waals surface area contributed by atoms with Crippen LogP contribution in [0, 0.1) is 20.8 Å². The zero-order valence-corrected chi connectivity index (χ0v) is 10.4. The molecule has 0 atom stereocenters. The molecule has 0 aliphatic heterocycles. The molecule has 0 amide bonds. The van der Waals surface area contributed by atoms with Gasteiger partial charge >= 0.3 is 0 Å². The van der Waals surface area contributed by atoms with Gasteiger partial charge in [-0.15, -0.1) is 0 Å². The minimum atomic E-state index is 0.881. The Kier molecular flexibility index (Phi) is 3.33. The van der Waals surface area contributed by atoms with E-state index in [1.807, 2.05) is 24.4 Å². The normalized spacial score (nSPS) is 11.0. The average Bonchev–Trinajstić information content (AvgIpc) is 2.29. The van der Waals surface area contributed by atoms with Gasteiger partial charge < -0.3 is 0 Å². The number of rotatable bonds is 2. The third-order valence-corrected chi connectivity index (χ3v) is 2.65. The second kappa shape index (κ2) is 4.91. The number of hydrogen-bond donors (Lipinski definition) is 0. The fraction of sp³-hybridized carbons (Fsp3) is 0.200. The van der Waals surface area contributed by atoms with E-state index in [2.05, 4.69) is 42.9 Å². The topological polar surface area (TPSA) is 25.2 Å². The maximum Gasteiger partial charge on any atom is 0.0812 e. The zero-order valence-electron chi connectivity index (χ0n) is 10.4.